The van der Waals surface area contributed by atoms with E-state index >= 15 is 0 Å². The van der Waals surface area contributed by atoms with Gasteiger partial charge in [-0.25, -0.2) is 4.98 Å². The van der Waals surface area contributed by atoms with E-state index in [0.717, 1.165) is 16.9 Å². The summed E-state index contributed by atoms with van der Waals surface area (Å²) in [5, 5.41) is 2.73. The first-order valence-electron chi connectivity index (χ1n) is 7.13. The smallest absolute Gasteiger partial charge is 0.227 e. The maximum Gasteiger partial charge on any atom is 0.227 e. The number of aryl methyl sites for hydroxylation is 2. The summed E-state index contributed by atoms with van der Waals surface area (Å²) < 4.78 is 2.12. The van der Waals surface area contributed by atoms with Gasteiger partial charge in [0.15, 0.2) is 0 Å². The van der Waals surface area contributed by atoms with Gasteiger partial charge in [0, 0.05) is 25.9 Å². The fourth-order valence-electron chi connectivity index (χ4n) is 2.54. The van der Waals surface area contributed by atoms with Gasteiger partial charge in [0.25, 0.3) is 0 Å². The van der Waals surface area contributed by atoms with Crippen LogP contribution in [0.2, 0.25) is 0 Å². The van der Waals surface area contributed by atoms with Gasteiger partial charge in [-0.15, -0.1) is 11.6 Å². The van der Waals surface area contributed by atoms with E-state index in [0.29, 0.717) is 18.8 Å². The van der Waals surface area contributed by atoms with Crippen molar-refractivity contribution >= 4 is 28.5 Å². The predicted molar refractivity (Wildman–Crippen MR) is 86.7 cm³/mol. The van der Waals surface area contributed by atoms with Crippen LogP contribution in [0.3, 0.4) is 0 Å². The molecule has 2 aromatic rings. The van der Waals surface area contributed by atoms with Gasteiger partial charge in [0.1, 0.15) is 5.82 Å². The fraction of sp³-hybridized carbons (Fsp3) is 0.500. The monoisotopic (exact) mass is 307 g/mol. The number of imidazole rings is 1. The average Bonchev–Trinajstić information content (AvgIpc) is 2.75. The van der Waals surface area contributed by atoms with Gasteiger partial charge in [-0.05, 0) is 38.5 Å². The van der Waals surface area contributed by atoms with Crippen LogP contribution in [0, 0.1) is 12.3 Å². The lowest BCUT2D eigenvalue weighted by molar-refractivity contribution is -0.129. The Bertz CT molecular complexity index is 661. The molecule has 1 heterocycles. The number of hydrogen-bond acceptors (Lipinski definition) is 2. The van der Waals surface area contributed by atoms with Crippen molar-refractivity contribution in [2.45, 2.75) is 33.7 Å². The third-order valence-electron chi connectivity index (χ3n) is 3.70. The molecule has 0 aliphatic carbocycles. The highest BCUT2D eigenvalue weighted by molar-refractivity contribution is 6.17. The quantitative estimate of drug-likeness (QED) is 0.863. The van der Waals surface area contributed by atoms with Crippen LogP contribution in [0.15, 0.2) is 18.2 Å². The minimum atomic E-state index is -0.507. The third-order valence-corrected chi connectivity index (χ3v) is 3.89. The molecule has 0 atom stereocenters. The van der Waals surface area contributed by atoms with Crippen molar-refractivity contribution < 1.29 is 4.79 Å². The summed E-state index contributed by atoms with van der Waals surface area (Å²) in [5.74, 6) is 1.47. The van der Waals surface area contributed by atoms with E-state index in [4.69, 9.17) is 11.6 Å². The number of hydrogen-bond donors (Lipinski definition) is 1. The molecule has 0 spiro atoms. The normalized spacial score (nSPS) is 11.9. The Morgan fingerprint density at radius 3 is 2.76 bits per heavy atom. The van der Waals surface area contributed by atoms with E-state index in [2.05, 4.69) is 27.9 Å². The Hall–Kier alpha value is -1.55. The summed E-state index contributed by atoms with van der Waals surface area (Å²) in [7, 11) is 1.67. The minimum absolute atomic E-state index is 0.0221. The van der Waals surface area contributed by atoms with E-state index in [1.165, 1.54) is 5.56 Å². The van der Waals surface area contributed by atoms with E-state index in [1.807, 2.05) is 26.0 Å². The summed E-state index contributed by atoms with van der Waals surface area (Å²) in [6.45, 7) is 6.52. The van der Waals surface area contributed by atoms with Crippen molar-refractivity contribution in [3.63, 3.8) is 0 Å². The molecule has 1 aromatic carbocycles. The van der Waals surface area contributed by atoms with Gasteiger partial charge in [-0.2, -0.15) is 0 Å². The zero-order chi connectivity index (χ0) is 15.6. The van der Waals surface area contributed by atoms with Crippen LogP contribution in [0.5, 0.6) is 0 Å². The summed E-state index contributed by atoms with van der Waals surface area (Å²) in [6.07, 6.45) is 0.694. The van der Waals surface area contributed by atoms with Crippen molar-refractivity contribution in [3.8, 4) is 0 Å². The number of alkyl halides is 1. The topological polar surface area (TPSA) is 46.9 Å². The molecule has 1 aromatic heterocycles. The minimum Gasteiger partial charge on any atom is -0.359 e. The number of nitrogens with zero attached hydrogens (tertiary/aromatic N) is 2. The molecule has 0 bridgehead atoms. The van der Waals surface area contributed by atoms with Crippen LogP contribution in [-0.2, 0) is 17.8 Å². The molecule has 1 amide bonds. The Morgan fingerprint density at radius 1 is 1.43 bits per heavy atom. The number of nitrogens with one attached hydrogen (secondary N) is 1. The Kier molecular flexibility index (Phi) is 4.57. The molecular weight excluding hydrogens is 286 g/mol. The maximum absolute atomic E-state index is 12.1. The zero-order valence-corrected chi connectivity index (χ0v) is 13.8. The summed E-state index contributed by atoms with van der Waals surface area (Å²) in [5.41, 5.74) is 2.69. The van der Waals surface area contributed by atoms with Gasteiger partial charge in [-0.3, -0.25) is 4.79 Å². The van der Waals surface area contributed by atoms with Crippen LogP contribution in [-0.4, -0.2) is 28.4 Å². The standard InChI is InChI=1S/C16H22ClN3O/c1-11-5-6-12-13(9-11)20(14(19-12)7-8-17)10-16(2,3)15(21)18-4/h5-6,9H,7-8,10H2,1-4H3,(H,18,21). The van der Waals surface area contributed by atoms with E-state index in [9.17, 15) is 4.79 Å². The van der Waals surface area contributed by atoms with Gasteiger partial charge in [0.2, 0.25) is 5.91 Å². The third kappa shape index (κ3) is 3.21. The number of rotatable bonds is 5. The maximum atomic E-state index is 12.1. The average molecular weight is 308 g/mol. The lowest BCUT2D eigenvalue weighted by Gasteiger charge is -2.24. The molecule has 114 valence electrons. The Labute approximate surface area is 130 Å². The highest BCUT2D eigenvalue weighted by Crippen LogP contribution is 2.25. The number of carbonyl (C=O) groups is 1. The van der Waals surface area contributed by atoms with Gasteiger partial charge < -0.3 is 9.88 Å². The molecule has 0 unspecified atom stereocenters. The van der Waals surface area contributed by atoms with Crippen LogP contribution in [0.1, 0.15) is 25.2 Å². The number of halogens is 1. The first-order valence-corrected chi connectivity index (χ1v) is 7.66. The summed E-state index contributed by atoms with van der Waals surface area (Å²) >= 11 is 5.90. The molecule has 4 nitrogen and oxygen atoms in total. The molecule has 0 saturated carbocycles. The highest BCUT2D eigenvalue weighted by Gasteiger charge is 2.29. The van der Waals surface area contributed by atoms with Crippen molar-refractivity contribution in [1.82, 2.24) is 14.9 Å². The summed E-state index contributed by atoms with van der Waals surface area (Å²) in [4.78, 5) is 16.7. The summed E-state index contributed by atoms with van der Waals surface area (Å²) in [6, 6.07) is 6.18. The molecular formula is C16H22ClN3O. The molecule has 2 rings (SSSR count). The van der Waals surface area contributed by atoms with Crippen LogP contribution < -0.4 is 5.32 Å². The second-order valence-corrected chi connectivity index (χ2v) is 6.39. The molecule has 0 aliphatic rings. The first kappa shape index (κ1) is 15.8. The Morgan fingerprint density at radius 2 is 2.14 bits per heavy atom. The molecule has 5 heteroatoms. The second kappa shape index (κ2) is 6.06. The molecule has 0 saturated heterocycles. The Balaban J connectivity index is 2.51. The predicted octanol–water partition coefficient (Wildman–Crippen LogP) is 2.90. The van der Waals surface area contributed by atoms with Gasteiger partial charge in [-0.1, -0.05) is 6.07 Å². The molecule has 0 aliphatic heterocycles. The zero-order valence-electron chi connectivity index (χ0n) is 13.0. The van der Waals surface area contributed by atoms with Crippen molar-refractivity contribution in [2.24, 2.45) is 5.41 Å². The largest absolute Gasteiger partial charge is 0.359 e. The lowest BCUT2D eigenvalue weighted by Crippen LogP contribution is -2.38. The molecule has 0 fully saturated rings. The number of carbonyl (C=O) groups excluding carboxylic acids is 1. The fourth-order valence-corrected chi connectivity index (χ4v) is 2.71. The van der Waals surface area contributed by atoms with Crippen molar-refractivity contribution in [3.05, 3.63) is 29.6 Å². The molecule has 21 heavy (non-hydrogen) atoms. The molecule has 1 N–H and O–H groups in total. The van der Waals surface area contributed by atoms with Crippen LogP contribution in [0.4, 0.5) is 0 Å². The SMILES string of the molecule is CNC(=O)C(C)(C)Cn1c(CCCl)nc2ccc(C)cc21. The van der Waals surface area contributed by atoms with E-state index < -0.39 is 5.41 Å². The van der Waals surface area contributed by atoms with Crippen LogP contribution in [0.25, 0.3) is 11.0 Å². The number of fused-ring (bicyclic) bond motifs is 1. The van der Waals surface area contributed by atoms with Gasteiger partial charge >= 0.3 is 0 Å². The van der Waals surface area contributed by atoms with Gasteiger partial charge in [0.05, 0.1) is 16.4 Å². The molecule has 0 radical (unpaired) electrons. The van der Waals surface area contributed by atoms with Crippen LogP contribution >= 0.6 is 11.6 Å². The van der Waals surface area contributed by atoms with Crippen molar-refractivity contribution in [2.75, 3.05) is 12.9 Å². The van der Waals surface area contributed by atoms with E-state index in [1.54, 1.807) is 7.05 Å². The highest BCUT2D eigenvalue weighted by atomic mass is 35.5. The first-order chi connectivity index (χ1) is 9.89. The van der Waals surface area contributed by atoms with E-state index in [-0.39, 0.29) is 5.91 Å². The number of amides is 1. The number of aromatic nitrogens is 2. The number of benzene rings is 1. The second-order valence-electron chi connectivity index (χ2n) is 6.01. The van der Waals surface area contributed by atoms with Crippen molar-refractivity contribution in [1.29, 1.82) is 0 Å². The lowest BCUT2D eigenvalue weighted by atomic mass is 9.92.